The summed E-state index contributed by atoms with van der Waals surface area (Å²) in [5.74, 6) is -0.0782. The van der Waals surface area contributed by atoms with Gasteiger partial charge in [-0.25, -0.2) is 4.98 Å². The first kappa shape index (κ1) is 15.8. The smallest absolute Gasteiger partial charge is 0.311 e. The molecule has 4 heterocycles. The molecule has 23 heavy (non-hydrogen) atoms. The molecule has 2 aromatic rings. The average molecular weight is 336 g/mol. The highest BCUT2D eigenvalue weighted by atomic mass is 35.5. The minimum atomic E-state index is -0.161. The third-order valence-electron chi connectivity index (χ3n) is 4.68. The highest BCUT2D eigenvalue weighted by molar-refractivity contribution is 5.85. The van der Waals surface area contributed by atoms with Crippen LogP contribution in [0.5, 0.6) is 0 Å². The Balaban J connectivity index is 0.00000156. The van der Waals surface area contributed by atoms with Crippen LogP contribution in [0.25, 0.3) is 5.65 Å². The van der Waals surface area contributed by atoms with E-state index in [1.54, 1.807) is 11.1 Å². The molecule has 4 rings (SSSR count). The minimum absolute atomic E-state index is 0. The van der Waals surface area contributed by atoms with Crippen LogP contribution in [0.3, 0.4) is 0 Å². The Kier molecular flexibility index (Phi) is 4.02. The van der Waals surface area contributed by atoms with Crippen molar-refractivity contribution in [1.82, 2.24) is 14.3 Å². The van der Waals surface area contributed by atoms with E-state index < -0.39 is 0 Å². The maximum absolute atomic E-state index is 12.5. The molecule has 2 aromatic heterocycles. The van der Waals surface area contributed by atoms with E-state index in [1.807, 2.05) is 29.7 Å². The van der Waals surface area contributed by atoms with Gasteiger partial charge in [0.1, 0.15) is 5.65 Å². The lowest BCUT2D eigenvalue weighted by molar-refractivity contribution is -0.142. The molecule has 0 aliphatic carbocycles. The third-order valence-corrected chi connectivity index (χ3v) is 4.68. The molecule has 0 spiro atoms. The number of rotatable bonds is 2. The van der Waals surface area contributed by atoms with E-state index in [1.165, 1.54) is 0 Å². The molecule has 2 saturated heterocycles. The third kappa shape index (κ3) is 2.57. The second-order valence-electron chi connectivity index (χ2n) is 6.11. The molecule has 0 N–H and O–H groups in total. The van der Waals surface area contributed by atoms with Crippen molar-refractivity contribution in [3.63, 3.8) is 0 Å². The Labute approximate surface area is 139 Å². The molecule has 2 fully saturated rings. The molecule has 2 aliphatic heterocycles. The van der Waals surface area contributed by atoms with Gasteiger partial charge in [0, 0.05) is 31.4 Å². The van der Waals surface area contributed by atoms with Gasteiger partial charge in [-0.15, -0.1) is 12.4 Å². The number of hydrogen-bond acceptors (Lipinski definition) is 4. The average Bonchev–Trinajstić information content (AvgIpc) is 3.17. The second-order valence-corrected chi connectivity index (χ2v) is 6.11. The van der Waals surface area contributed by atoms with E-state index in [9.17, 15) is 9.59 Å². The van der Waals surface area contributed by atoms with Crippen LogP contribution >= 0.6 is 12.4 Å². The number of hydrogen-bond donors (Lipinski definition) is 0. The summed E-state index contributed by atoms with van der Waals surface area (Å²) < 4.78 is 6.99. The van der Waals surface area contributed by atoms with Crippen LogP contribution in [0.15, 0.2) is 24.5 Å². The predicted octanol–water partition coefficient (Wildman–Crippen LogP) is 1.24. The molecule has 0 saturated carbocycles. The summed E-state index contributed by atoms with van der Waals surface area (Å²) in [4.78, 5) is 30.3. The Hall–Kier alpha value is -2.08. The van der Waals surface area contributed by atoms with Gasteiger partial charge in [0.25, 0.3) is 0 Å². The maximum Gasteiger partial charge on any atom is 0.311 e. The number of carbonyl (C=O) groups is 2. The van der Waals surface area contributed by atoms with Crippen molar-refractivity contribution < 1.29 is 14.3 Å². The van der Waals surface area contributed by atoms with Crippen LogP contribution in [0.2, 0.25) is 0 Å². The minimum Gasteiger partial charge on any atom is -0.465 e. The van der Waals surface area contributed by atoms with Gasteiger partial charge < -0.3 is 14.0 Å². The number of nitrogens with zero attached hydrogens (tertiary/aromatic N) is 3. The molecule has 0 aromatic carbocycles. The zero-order chi connectivity index (χ0) is 15.3. The van der Waals surface area contributed by atoms with E-state index >= 15 is 0 Å². The van der Waals surface area contributed by atoms with E-state index in [2.05, 4.69) is 4.98 Å². The summed E-state index contributed by atoms with van der Waals surface area (Å²) in [7, 11) is 0. The van der Waals surface area contributed by atoms with Crippen LogP contribution in [0.1, 0.15) is 11.3 Å². The number of halogens is 1. The van der Waals surface area contributed by atoms with Crippen LogP contribution in [0, 0.1) is 18.8 Å². The summed E-state index contributed by atoms with van der Waals surface area (Å²) in [5.41, 5.74) is 2.84. The van der Waals surface area contributed by atoms with Crippen molar-refractivity contribution in [3.05, 3.63) is 35.8 Å². The van der Waals surface area contributed by atoms with Crippen LogP contribution in [-0.2, 0) is 20.7 Å². The number of pyridine rings is 1. The first-order valence-electron chi connectivity index (χ1n) is 7.49. The predicted molar refractivity (Wildman–Crippen MR) is 85.4 cm³/mol. The van der Waals surface area contributed by atoms with E-state index in [4.69, 9.17) is 4.74 Å². The fraction of sp³-hybridized carbons (Fsp3) is 0.438. The molecule has 0 radical (unpaired) electrons. The molecule has 0 unspecified atom stereocenters. The number of carbonyl (C=O) groups excluding carboxylic acids is 2. The molecule has 122 valence electrons. The zero-order valence-electron chi connectivity index (χ0n) is 12.8. The lowest BCUT2D eigenvalue weighted by atomic mass is 10.0. The molecule has 2 atom stereocenters. The first-order chi connectivity index (χ1) is 10.6. The topological polar surface area (TPSA) is 63.9 Å². The fourth-order valence-electron chi connectivity index (χ4n) is 3.41. The lowest BCUT2D eigenvalue weighted by Crippen LogP contribution is -2.32. The van der Waals surface area contributed by atoms with Crippen molar-refractivity contribution in [2.75, 3.05) is 19.7 Å². The van der Waals surface area contributed by atoms with Crippen molar-refractivity contribution in [2.24, 2.45) is 11.8 Å². The van der Waals surface area contributed by atoms with Gasteiger partial charge in [0.05, 0.1) is 24.6 Å². The van der Waals surface area contributed by atoms with Gasteiger partial charge >= 0.3 is 5.97 Å². The Morgan fingerprint density at radius 2 is 2.26 bits per heavy atom. The zero-order valence-corrected chi connectivity index (χ0v) is 13.6. The number of fused-ring (bicyclic) bond motifs is 2. The lowest BCUT2D eigenvalue weighted by Gasteiger charge is -2.17. The van der Waals surface area contributed by atoms with E-state index in [0.29, 0.717) is 26.1 Å². The summed E-state index contributed by atoms with van der Waals surface area (Å²) in [6, 6.07) is 3.95. The molecule has 6 nitrogen and oxygen atoms in total. The molecular formula is C16H18ClN3O3. The van der Waals surface area contributed by atoms with Gasteiger partial charge in [-0.1, -0.05) is 6.07 Å². The summed E-state index contributed by atoms with van der Waals surface area (Å²) >= 11 is 0. The summed E-state index contributed by atoms with van der Waals surface area (Å²) in [6.07, 6.45) is 3.98. The van der Waals surface area contributed by atoms with Crippen LogP contribution < -0.4 is 0 Å². The standard InChI is InChI=1S/C16H17N3O3.ClH/c1-10-3-2-4-19-12(6-17-15(10)19)5-14(20)18-7-11-9-22-16(21)13(11)8-18;/h2-4,6,11,13H,5,7-9H2,1H3;1H/t11-,13-;/m1./s1. The molecule has 2 aliphatic rings. The summed E-state index contributed by atoms with van der Waals surface area (Å²) in [5, 5.41) is 0. The van der Waals surface area contributed by atoms with Crippen LogP contribution in [-0.4, -0.2) is 45.9 Å². The monoisotopic (exact) mass is 335 g/mol. The second kappa shape index (κ2) is 5.85. The number of esters is 1. The number of aryl methyl sites for hydroxylation is 1. The SMILES string of the molecule is Cc1cccn2c(CC(=O)N3C[C@@H]4COC(=O)[C@@H]4C3)cnc12.Cl. The molecule has 0 bridgehead atoms. The van der Waals surface area contributed by atoms with Crippen molar-refractivity contribution >= 4 is 29.9 Å². The Morgan fingerprint density at radius 1 is 1.43 bits per heavy atom. The number of imidazole rings is 1. The number of cyclic esters (lactones) is 1. The quantitative estimate of drug-likeness (QED) is 0.775. The first-order valence-corrected chi connectivity index (χ1v) is 7.49. The number of ether oxygens (including phenoxy) is 1. The van der Waals surface area contributed by atoms with Gasteiger partial charge in [0.15, 0.2) is 0 Å². The van der Waals surface area contributed by atoms with Gasteiger partial charge in [-0.05, 0) is 18.6 Å². The van der Waals surface area contributed by atoms with Gasteiger partial charge in [-0.3, -0.25) is 9.59 Å². The normalized spacial score (nSPS) is 22.8. The van der Waals surface area contributed by atoms with Crippen molar-refractivity contribution in [3.8, 4) is 0 Å². The largest absolute Gasteiger partial charge is 0.465 e. The van der Waals surface area contributed by atoms with Crippen molar-refractivity contribution in [1.29, 1.82) is 0 Å². The molecule has 1 amide bonds. The number of amides is 1. The van der Waals surface area contributed by atoms with Crippen LogP contribution in [0.4, 0.5) is 0 Å². The highest BCUT2D eigenvalue weighted by Gasteiger charge is 2.45. The number of aromatic nitrogens is 2. The summed E-state index contributed by atoms with van der Waals surface area (Å²) in [6.45, 7) is 3.55. The highest BCUT2D eigenvalue weighted by Crippen LogP contribution is 2.30. The molecule has 7 heteroatoms. The Bertz CT molecular complexity index is 773. The fourth-order valence-corrected chi connectivity index (χ4v) is 3.41. The van der Waals surface area contributed by atoms with E-state index in [0.717, 1.165) is 16.9 Å². The van der Waals surface area contributed by atoms with Crippen molar-refractivity contribution in [2.45, 2.75) is 13.3 Å². The number of likely N-dealkylation sites (tertiary alicyclic amines) is 1. The molecular weight excluding hydrogens is 318 g/mol. The maximum atomic E-state index is 12.5. The Morgan fingerprint density at radius 3 is 3.04 bits per heavy atom. The van der Waals surface area contributed by atoms with E-state index in [-0.39, 0.29) is 36.1 Å². The van der Waals surface area contributed by atoms with Gasteiger partial charge in [0.2, 0.25) is 5.91 Å². The van der Waals surface area contributed by atoms with Gasteiger partial charge in [-0.2, -0.15) is 0 Å².